The van der Waals surface area contributed by atoms with Crippen LogP contribution in [0.15, 0.2) is 44.7 Å². The van der Waals surface area contributed by atoms with Gasteiger partial charge in [0.2, 0.25) is 0 Å². The van der Waals surface area contributed by atoms with E-state index in [1.165, 1.54) is 11.8 Å². The number of nitrogens with zero attached hydrogens (tertiary/aromatic N) is 1. The van der Waals surface area contributed by atoms with Crippen LogP contribution in [0.25, 0.3) is 6.08 Å². The number of halogens is 2. The molecule has 4 nitrogen and oxygen atoms in total. The lowest BCUT2D eigenvalue weighted by molar-refractivity contribution is -0.115. The van der Waals surface area contributed by atoms with Crippen molar-refractivity contribution in [2.75, 3.05) is 0 Å². The zero-order chi connectivity index (χ0) is 18.1. The highest BCUT2D eigenvalue weighted by atomic mass is 127. The van der Waals surface area contributed by atoms with Gasteiger partial charge in [-0.2, -0.15) is 0 Å². The van der Waals surface area contributed by atoms with Gasteiger partial charge in [-0.15, -0.1) is 0 Å². The fourth-order valence-electron chi connectivity index (χ4n) is 2.45. The van der Waals surface area contributed by atoms with Crippen molar-refractivity contribution >= 4 is 73.1 Å². The summed E-state index contributed by atoms with van der Waals surface area (Å²) in [7, 11) is 0. The van der Waals surface area contributed by atoms with Crippen molar-refractivity contribution in [3.63, 3.8) is 0 Å². The highest BCUT2D eigenvalue weighted by Gasteiger charge is 2.24. The molecule has 0 unspecified atom stereocenters. The number of nitrogens with one attached hydrogen (secondary N) is 1. The molecule has 3 rings (SSSR count). The van der Waals surface area contributed by atoms with Gasteiger partial charge in [-0.05, 0) is 89.7 Å². The number of phenols is 1. The molecule has 1 amide bonds. The van der Waals surface area contributed by atoms with Crippen LogP contribution in [0.2, 0.25) is 0 Å². The molecule has 0 bridgehead atoms. The second-order valence-corrected chi connectivity index (χ2v) is 8.76. The molecular weight excluding hydrogens is 515 g/mol. The maximum atomic E-state index is 12.2. The van der Waals surface area contributed by atoms with Gasteiger partial charge in [0.05, 0.1) is 14.2 Å². The summed E-state index contributed by atoms with van der Waals surface area (Å²) in [5.41, 5.74) is 3.64. The Hall–Kier alpha value is -1.32. The van der Waals surface area contributed by atoms with Crippen molar-refractivity contribution in [1.82, 2.24) is 5.32 Å². The first kappa shape index (κ1) is 18.5. The Labute approximate surface area is 172 Å². The van der Waals surface area contributed by atoms with Gasteiger partial charge in [-0.3, -0.25) is 4.79 Å². The third-order valence-electron chi connectivity index (χ3n) is 3.43. The first-order chi connectivity index (χ1) is 11.8. The molecule has 0 atom stereocenters. The number of hydrogen-bond acceptors (Lipinski definition) is 4. The molecule has 2 aromatic rings. The predicted octanol–water partition coefficient (Wildman–Crippen LogP) is 5.27. The molecule has 1 saturated heterocycles. The Morgan fingerprint density at radius 3 is 2.56 bits per heavy atom. The third-order valence-corrected chi connectivity index (χ3v) is 5.62. The van der Waals surface area contributed by atoms with E-state index in [4.69, 9.17) is 0 Å². The van der Waals surface area contributed by atoms with Crippen LogP contribution >= 0.6 is 50.3 Å². The van der Waals surface area contributed by atoms with E-state index in [0.717, 1.165) is 21.3 Å². The number of amidine groups is 1. The van der Waals surface area contributed by atoms with Crippen molar-refractivity contribution in [1.29, 1.82) is 0 Å². The van der Waals surface area contributed by atoms with Gasteiger partial charge in [0, 0.05) is 10.0 Å². The van der Waals surface area contributed by atoms with Crippen molar-refractivity contribution < 1.29 is 9.90 Å². The standard InChI is InChI=1S/C18H14BrIN2O2S/c1-9-3-10(2)5-13(4-9)21-18-22-17(24)15(25-18)7-11-6-12(19)8-14(20)16(11)23/h3-8,23H,1-2H3,(H,21,22,24)/b15-7+. The first-order valence-corrected chi connectivity index (χ1v) is 10.1. The molecule has 0 radical (unpaired) electrons. The van der Waals surface area contributed by atoms with Gasteiger partial charge in [0.25, 0.3) is 5.91 Å². The summed E-state index contributed by atoms with van der Waals surface area (Å²) in [4.78, 5) is 17.2. The number of carbonyl (C=O) groups is 1. The lowest BCUT2D eigenvalue weighted by atomic mass is 10.1. The molecule has 0 saturated carbocycles. The SMILES string of the molecule is Cc1cc(C)cc(N=C2NC(=O)/C(=C\c3cc(Br)cc(I)c3O)S2)c1. The number of aryl methyl sites for hydroxylation is 2. The maximum Gasteiger partial charge on any atom is 0.264 e. The number of benzene rings is 2. The Bertz CT molecular complexity index is 921. The van der Waals surface area contributed by atoms with Crippen LogP contribution in [0.5, 0.6) is 5.75 Å². The smallest absolute Gasteiger partial charge is 0.264 e. The van der Waals surface area contributed by atoms with Gasteiger partial charge in [-0.1, -0.05) is 22.0 Å². The number of amides is 1. The quantitative estimate of drug-likeness (QED) is 0.412. The summed E-state index contributed by atoms with van der Waals surface area (Å²) >= 11 is 6.72. The van der Waals surface area contributed by atoms with Crippen LogP contribution in [-0.2, 0) is 4.79 Å². The summed E-state index contributed by atoms with van der Waals surface area (Å²) < 4.78 is 1.56. The fourth-order valence-corrected chi connectivity index (χ4v) is 4.83. The second-order valence-electron chi connectivity index (χ2n) is 5.65. The lowest BCUT2D eigenvalue weighted by Gasteiger charge is -2.03. The van der Waals surface area contributed by atoms with E-state index in [2.05, 4.69) is 54.9 Å². The first-order valence-electron chi connectivity index (χ1n) is 7.38. The molecule has 25 heavy (non-hydrogen) atoms. The van der Waals surface area contributed by atoms with Crippen LogP contribution in [0.3, 0.4) is 0 Å². The Morgan fingerprint density at radius 2 is 1.88 bits per heavy atom. The molecule has 2 N–H and O–H groups in total. The monoisotopic (exact) mass is 528 g/mol. The van der Waals surface area contributed by atoms with Crippen LogP contribution in [-0.4, -0.2) is 16.2 Å². The normalized spacial score (nSPS) is 17.4. The lowest BCUT2D eigenvalue weighted by Crippen LogP contribution is -2.19. The molecule has 1 fully saturated rings. The zero-order valence-electron chi connectivity index (χ0n) is 13.4. The van der Waals surface area contributed by atoms with Crippen LogP contribution in [0, 0.1) is 17.4 Å². The number of thioether (sulfide) groups is 1. The average molecular weight is 529 g/mol. The van der Waals surface area contributed by atoms with Crippen LogP contribution in [0.1, 0.15) is 16.7 Å². The highest BCUT2D eigenvalue weighted by Crippen LogP contribution is 2.34. The van der Waals surface area contributed by atoms with Gasteiger partial charge in [-0.25, -0.2) is 4.99 Å². The molecule has 1 aliphatic rings. The van der Waals surface area contributed by atoms with Crippen molar-refractivity contribution in [3.8, 4) is 5.75 Å². The molecular formula is C18H14BrIN2O2S. The minimum absolute atomic E-state index is 0.157. The molecule has 2 aromatic carbocycles. The van der Waals surface area contributed by atoms with E-state index in [9.17, 15) is 9.90 Å². The van der Waals surface area contributed by atoms with E-state index >= 15 is 0 Å². The number of carbonyl (C=O) groups excluding carboxylic acids is 1. The second kappa shape index (κ2) is 7.51. The molecule has 1 heterocycles. The molecule has 0 aromatic heterocycles. The number of aliphatic imine (C=N–C) groups is 1. The largest absolute Gasteiger partial charge is 0.506 e. The molecule has 0 aliphatic carbocycles. The minimum Gasteiger partial charge on any atom is -0.506 e. The number of phenolic OH excluding ortho intramolecular Hbond substituents is 1. The van der Waals surface area contributed by atoms with Crippen LogP contribution in [0.4, 0.5) is 5.69 Å². The Balaban J connectivity index is 1.91. The number of hydrogen-bond donors (Lipinski definition) is 2. The number of aromatic hydroxyl groups is 1. The van der Waals surface area contributed by atoms with Crippen molar-refractivity contribution in [3.05, 3.63) is 60.0 Å². The minimum atomic E-state index is -0.220. The topological polar surface area (TPSA) is 61.7 Å². The number of rotatable bonds is 2. The van der Waals surface area contributed by atoms with E-state index in [1.807, 2.05) is 32.0 Å². The summed E-state index contributed by atoms with van der Waals surface area (Å²) in [5.74, 6) is -0.0630. The maximum absolute atomic E-state index is 12.2. The highest BCUT2D eigenvalue weighted by molar-refractivity contribution is 14.1. The Morgan fingerprint density at radius 1 is 1.20 bits per heavy atom. The van der Waals surface area contributed by atoms with Crippen molar-refractivity contribution in [2.24, 2.45) is 4.99 Å². The molecule has 128 valence electrons. The molecule has 1 aliphatic heterocycles. The third kappa shape index (κ3) is 4.45. The van der Waals surface area contributed by atoms with Gasteiger partial charge < -0.3 is 10.4 Å². The Kier molecular flexibility index (Phi) is 5.55. The van der Waals surface area contributed by atoms with Gasteiger partial charge in [0.15, 0.2) is 5.17 Å². The summed E-state index contributed by atoms with van der Waals surface area (Å²) in [6.45, 7) is 4.03. The molecule has 7 heteroatoms. The average Bonchev–Trinajstić information content (AvgIpc) is 2.82. The summed E-state index contributed by atoms with van der Waals surface area (Å²) in [5, 5.41) is 13.5. The molecule has 0 spiro atoms. The predicted molar refractivity (Wildman–Crippen MR) is 115 cm³/mol. The van der Waals surface area contributed by atoms with E-state index in [-0.39, 0.29) is 11.7 Å². The van der Waals surface area contributed by atoms with Gasteiger partial charge in [0.1, 0.15) is 5.75 Å². The van der Waals surface area contributed by atoms with Crippen molar-refractivity contribution in [2.45, 2.75) is 13.8 Å². The van der Waals surface area contributed by atoms with E-state index in [1.54, 1.807) is 12.1 Å². The van der Waals surface area contributed by atoms with Crippen LogP contribution < -0.4 is 5.32 Å². The summed E-state index contributed by atoms with van der Waals surface area (Å²) in [6, 6.07) is 9.60. The van der Waals surface area contributed by atoms with Gasteiger partial charge >= 0.3 is 0 Å². The van der Waals surface area contributed by atoms with E-state index < -0.39 is 0 Å². The zero-order valence-corrected chi connectivity index (χ0v) is 18.0. The van der Waals surface area contributed by atoms with E-state index in [0.29, 0.717) is 19.2 Å². The summed E-state index contributed by atoms with van der Waals surface area (Å²) in [6.07, 6.45) is 1.67. The fraction of sp³-hybridized carbons (Fsp3) is 0.111.